The number of aryl methyl sites for hydroxylation is 3. The van der Waals surface area contributed by atoms with Crippen LogP contribution in [0.2, 0.25) is 0 Å². The van der Waals surface area contributed by atoms with Crippen molar-refractivity contribution in [1.29, 1.82) is 0 Å². The first-order chi connectivity index (χ1) is 7.66. The molecule has 0 unspecified atom stereocenters. The molecule has 1 aliphatic heterocycles. The average Bonchev–Trinajstić information content (AvgIpc) is 2.25. The Hall–Kier alpha value is -0.430. The number of hydrogen-bond donors (Lipinski definition) is 0. The Morgan fingerprint density at radius 3 is 2.06 bits per heavy atom. The third-order valence-electron chi connectivity index (χ3n) is 3.55. The fourth-order valence-corrected chi connectivity index (χ4v) is 5.26. The fraction of sp³-hybridized carbons (Fsp3) is 0.600. The molecule has 2 rings (SSSR count). The van der Waals surface area contributed by atoms with Gasteiger partial charge in [0.05, 0.1) is 0 Å². The van der Waals surface area contributed by atoms with Crippen LogP contribution in [0.5, 0.6) is 0 Å². The van der Waals surface area contributed by atoms with Crippen LogP contribution >= 0.6 is 0 Å². The summed E-state index contributed by atoms with van der Waals surface area (Å²) in [5.41, 5.74) is 6.06. The van der Waals surface area contributed by atoms with E-state index in [0.29, 0.717) is 10.9 Å². The normalized spacial score (nSPS) is 17.7. The van der Waals surface area contributed by atoms with E-state index in [9.17, 15) is 0 Å². The Bertz CT molecular complexity index is 339. The van der Waals surface area contributed by atoms with Gasteiger partial charge in [-0.2, -0.15) is 0 Å². The van der Waals surface area contributed by atoms with Gasteiger partial charge in [-0.15, -0.1) is 0 Å². The molecule has 1 fully saturated rings. The molecule has 1 aromatic carbocycles. The summed E-state index contributed by atoms with van der Waals surface area (Å²) >= 11 is 0. The molecule has 0 atom stereocenters. The van der Waals surface area contributed by atoms with Crippen molar-refractivity contribution in [3.63, 3.8) is 0 Å². The molecular weight excluding hydrogens is 212 g/mol. The van der Waals surface area contributed by atoms with Crippen LogP contribution in [0.3, 0.4) is 0 Å². The Kier molecular flexibility index (Phi) is 3.96. The number of rotatable bonds is 2. The molecule has 0 amide bonds. The van der Waals surface area contributed by atoms with Crippen LogP contribution in [0.25, 0.3) is 0 Å². The third kappa shape index (κ3) is 2.82. The Balaban J connectivity index is 2.14. The minimum absolute atomic E-state index is 0.677. The van der Waals surface area contributed by atoms with Gasteiger partial charge in [0.2, 0.25) is 0 Å². The van der Waals surface area contributed by atoms with Crippen molar-refractivity contribution in [2.24, 2.45) is 0 Å². The molecule has 0 radical (unpaired) electrons. The van der Waals surface area contributed by atoms with Crippen LogP contribution in [0.4, 0.5) is 0 Å². The summed E-state index contributed by atoms with van der Waals surface area (Å²) in [5, 5.41) is 0. The predicted octanol–water partition coefficient (Wildman–Crippen LogP) is 3.91. The highest BCUT2D eigenvalue weighted by Gasteiger charge is 2.23. The topological polar surface area (TPSA) is 0 Å². The lowest BCUT2D eigenvalue weighted by Gasteiger charge is -2.16. The lowest BCUT2D eigenvalue weighted by Crippen LogP contribution is -2.20. The van der Waals surface area contributed by atoms with Gasteiger partial charge in [-0.1, -0.05) is 17.7 Å². The van der Waals surface area contributed by atoms with E-state index < -0.39 is 0 Å². The summed E-state index contributed by atoms with van der Waals surface area (Å²) in [7, 11) is 0.677. The van der Waals surface area contributed by atoms with Gasteiger partial charge in [0.1, 0.15) is 17.3 Å². The van der Waals surface area contributed by atoms with E-state index in [4.69, 9.17) is 0 Å². The van der Waals surface area contributed by atoms with Crippen molar-refractivity contribution < 1.29 is 0 Å². The summed E-state index contributed by atoms with van der Waals surface area (Å²) < 4.78 is 0. The van der Waals surface area contributed by atoms with Crippen LogP contribution in [0.1, 0.15) is 41.5 Å². The van der Waals surface area contributed by atoms with Gasteiger partial charge in [0.15, 0.2) is 0 Å². The first-order valence-electron chi connectivity index (χ1n) is 6.37. The van der Waals surface area contributed by atoms with Gasteiger partial charge in [0.25, 0.3) is 0 Å². The monoisotopic (exact) mass is 235 g/mol. The average molecular weight is 235 g/mol. The molecule has 0 bridgehead atoms. The molecule has 16 heavy (non-hydrogen) atoms. The molecule has 88 valence electrons. The van der Waals surface area contributed by atoms with Gasteiger partial charge in [0, 0.05) is 5.56 Å². The second kappa shape index (κ2) is 5.27. The molecule has 0 saturated carbocycles. The van der Waals surface area contributed by atoms with E-state index in [1.54, 1.807) is 5.56 Å². The molecule has 0 nitrogen and oxygen atoms in total. The maximum Gasteiger partial charge on any atom is 0.133 e. The number of benzene rings is 1. The lowest BCUT2D eigenvalue weighted by atomic mass is 10.0. The molecule has 0 aromatic heterocycles. The molecule has 0 aliphatic carbocycles. The van der Waals surface area contributed by atoms with Crippen molar-refractivity contribution >= 4 is 10.9 Å². The highest BCUT2D eigenvalue weighted by molar-refractivity contribution is 7.96. The highest BCUT2D eigenvalue weighted by atomic mass is 32.2. The second-order valence-corrected chi connectivity index (χ2v) is 7.43. The highest BCUT2D eigenvalue weighted by Crippen LogP contribution is 2.23. The first kappa shape index (κ1) is 12.0. The van der Waals surface area contributed by atoms with Crippen LogP contribution in [0.15, 0.2) is 12.1 Å². The summed E-state index contributed by atoms with van der Waals surface area (Å²) in [4.78, 5) is 0. The van der Waals surface area contributed by atoms with Gasteiger partial charge in [-0.05, 0) is 62.1 Å². The molecular formula is C15H23S+. The minimum atomic E-state index is 0.677. The Labute approximate surface area is 103 Å². The van der Waals surface area contributed by atoms with Gasteiger partial charge >= 0.3 is 0 Å². The van der Waals surface area contributed by atoms with E-state index in [-0.39, 0.29) is 0 Å². The van der Waals surface area contributed by atoms with Gasteiger partial charge < -0.3 is 0 Å². The zero-order chi connectivity index (χ0) is 11.5. The SMILES string of the molecule is Cc1cc(C)c(C[S+]2CCCCC2)c(C)c1. The molecule has 1 aliphatic rings. The van der Waals surface area contributed by atoms with E-state index in [1.165, 1.54) is 53.2 Å². The molecule has 0 spiro atoms. The van der Waals surface area contributed by atoms with E-state index in [0.717, 1.165) is 0 Å². The van der Waals surface area contributed by atoms with Crippen LogP contribution in [-0.4, -0.2) is 11.5 Å². The minimum Gasteiger partial charge on any atom is -0.0559 e. The zero-order valence-corrected chi connectivity index (χ0v) is 11.6. The quantitative estimate of drug-likeness (QED) is 0.682. The maximum absolute atomic E-state index is 2.34. The first-order valence-corrected chi connectivity index (χ1v) is 8.11. The molecule has 1 aromatic rings. The smallest absolute Gasteiger partial charge is 0.0559 e. The van der Waals surface area contributed by atoms with Crippen molar-refractivity contribution in [3.8, 4) is 0 Å². The molecule has 0 N–H and O–H groups in total. The zero-order valence-electron chi connectivity index (χ0n) is 10.8. The van der Waals surface area contributed by atoms with E-state index in [2.05, 4.69) is 32.9 Å². The largest absolute Gasteiger partial charge is 0.133 e. The summed E-state index contributed by atoms with van der Waals surface area (Å²) in [6.07, 6.45) is 4.40. The summed E-state index contributed by atoms with van der Waals surface area (Å²) in [5.74, 6) is 4.30. The standard InChI is InChI=1S/C15H23S/c1-12-9-13(2)15(14(3)10-12)11-16-7-5-4-6-8-16/h9-10H,4-8,11H2,1-3H3/q+1. The Morgan fingerprint density at radius 1 is 0.938 bits per heavy atom. The predicted molar refractivity (Wildman–Crippen MR) is 75.3 cm³/mol. The van der Waals surface area contributed by atoms with Gasteiger partial charge in [-0.25, -0.2) is 0 Å². The lowest BCUT2D eigenvalue weighted by molar-refractivity contribution is 0.755. The van der Waals surface area contributed by atoms with E-state index in [1.807, 2.05) is 0 Å². The Morgan fingerprint density at radius 2 is 1.50 bits per heavy atom. The summed E-state index contributed by atoms with van der Waals surface area (Å²) in [6, 6.07) is 4.69. The summed E-state index contributed by atoms with van der Waals surface area (Å²) in [6.45, 7) is 6.76. The van der Waals surface area contributed by atoms with Crippen molar-refractivity contribution in [1.82, 2.24) is 0 Å². The molecule has 1 heteroatoms. The van der Waals surface area contributed by atoms with Crippen LogP contribution in [0, 0.1) is 20.8 Å². The molecule has 1 heterocycles. The van der Waals surface area contributed by atoms with Gasteiger partial charge in [-0.3, -0.25) is 0 Å². The van der Waals surface area contributed by atoms with Crippen LogP contribution in [-0.2, 0) is 16.6 Å². The third-order valence-corrected chi connectivity index (χ3v) is 5.98. The number of hydrogen-bond acceptors (Lipinski definition) is 0. The maximum atomic E-state index is 2.34. The van der Waals surface area contributed by atoms with Crippen molar-refractivity contribution in [2.45, 2.75) is 45.8 Å². The molecule has 1 saturated heterocycles. The van der Waals surface area contributed by atoms with Crippen molar-refractivity contribution in [3.05, 3.63) is 34.4 Å². The van der Waals surface area contributed by atoms with Crippen molar-refractivity contribution in [2.75, 3.05) is 11.5 Å². The fourth-order valence-electron chi connectivity index (χ4n) is 2.68. The second-order valence-electron chi connectivity index (χ2n) is 5.10. The van der Waals surface area contributed by atoms with E-state index >= 15 is 0 Å². The van der Waals surface area contributed by atoms with Crippen LogP contribution < -0.4 is 0 Å².